The Balaban J connectivity index is 2.63. The van der Waals surface area contributed by atoms with Gasteiger partial charge in [-0.1, -0.05) is 31.6 Å². The van der Waals surface area contributed by atoms with E-state index < -0.39 is 0 Å². The predicted molar refractivity (Wildman–Crippen MR) is 77.2 cm³/mol. The number of rotatable bonds is 7. The molecule has 2 atom stereocenters. The van der Waals surface area contributed by atoms with Gasteiger partial charge in [0.25, 0.3) is 0 Å². The molecule has 0 N–H and O–H groups in total. The van der Waals surface area contributed by atoms with E-state index in [4.69, 9.17) is 5.26 Å². The molecule has 0 aromatic heterocycles. The molecule has 2 heteroatoms. The fraction of sp³-hybridized carbons (Fsp3) is 0.412. The van der Waals surface area contributed by atoms with Gasteiger partial charge in [0.2, 0.25) is 0 Å². The van der Waals surface area contributed by atoms with E-state index in [1.807, 2.05) is 30.3 Å². The Morgan fingerprint density at radius 3 is 2.42 bits per heavy atom. The third-order valence-electron chi connectivity index (χ3n) is 3.44. The van der Waals surface area contributed by atoms with Crippen molar-refractivity contribution in [3.63, 3.8) is 0 Å². The van der Waals surface area contributed by atoms with Crippen molar-refractivity contribution < 1.29 is 0 Å². The minimum absolute atomic E-state index is 0.0397. The summed E-state index contributed by atoms with van der Waals surface area (Å²) in [5, 5.41) is 18.0. The van der Waals surface area contributed by atoms with Crippen molar-refractivity contribution in [3.8, 4) is 12.1 Å². The summed E-state index contributed by atoms with van der Waals surface area (Å²) in [7, 11) is 0. The predicted octanol–water partition coefficient (Wildman–Crippen LogP) is 4.23. The molecule has 19 heavy (non-hydrogen) atoms. The molecular formula is C17H20N2. The Morgan fingerprint density at radius 2 is 1.95 bits per heavy atom. The molecule has 0 aliphatic carbocycles. The highest BCUT2D eigenvalue weighted by atomic mass is 14.3. The van der Waals surface area contributed by atoms with Crippen LogP contribution in [0.25, 0.3) is 0 Å². The second-order valence-corrected chi connectivity index (χ2v) is 4.87. The van der Waals surface area contributed by atoms with Gasteiger partial charge in [-0.3, -0.25) is 0 Å². The van der Waals surface area contributed by atoms with E-state index in [0.29, 0.717) is 11.5 Å². The molecule has 0 aliphatic rings. The first-order valence-electron chi connectivity index (χ1n) is 6.73. The maximum atomic E-state index is 9.27. The van der Waals surface area contributed by atoms with Gasteiger partial charge in [0.05, 0.1) is 23.6 Å². The Kier molecular flexibility index (Phi) is 6.41. The zero-order chi connectivity index (χ0) is 14.1. The molecule has 0 radical (unpaired) electrons. The highest BCUT2D eigenvalue weighted by molar-refractivity contribution is 5.32. The SMILES string of the molecule is C=CCC(CC)CC(C#N)Cc1ccc(C#N)cc1. The Bertz CT molecular complexity index is 473. The highest BCUT2D eigenvalue weighted by Crippen LogP contribution is 2.22. The first kappa shape index (κ1) is 15.0. The van der Waals surface area contributed by atoms with Crippen LogP contribution in [-0.2, 0) is 6.42 Å². The maximum absolute atomic E-state index is 9.27. The van der Waals surface area contributed by atoms with Gasteiger partial charge in [-0.15, -0.1) is 6.58 Å². The van der Waals surface area contributed by atoms with E-state index in [1.165, 1.54) is 0 Å². The second-order valence-electron chi connectivity index (χ2n) is 4.87. The fourth-order valence-corrected chi connectivity index (χ4v) is 2.25. The third kappa shape index (κ3) is 4.98. The van der Waals surface area contributed by atoms with Gasteiger partial charge in [0.1, 0.15) is 0 Å². The van der Waals surface area contributed by atoms with Crippen molar-refractivity contribution in [1.29, 1.82) is 10.5 Å². The first-order chi connectivity index (χ1) is 9.23. The fourth-order valence-electron chi connectivity index (χ4n) is 2.25. The topological polar surface area (TPSA) is 47.6 Å². The largest absolute Gasteiger partial charge is 0.198 e. The van der Waals surface area contributed by atoms with Crippen LogP contribution in [0.3, 0.4) is 0 Å². The van der Waals surface area contributed by atoms with Gasteiger partial charge in [-0.25, -0.2) is 0 Å². The van der Waals surface area contributed by atoms with Crippen molar-refractivity contribution in [1.82, 2.24) is 0 Å². The van der Waals surface area contributed by atoms with Crippen molar-refractivity contribution in [2.45, 2.75) is 32.6 Å². The maximum Gasteiger partial charge on any atom is 0.0991 e. The van der Waals surface area contributed by atoms with Crippen LogP contribution in [-0.4, -0.2) is 0 Å². The van der Waals surface area contributed by atoms with Gasteiger partial charge < -0.3 is 0 Å². The van der Waals surface area contributed by atoms with Crippen molar-refractivity contribution in [2.75, 3.05) is 0 Å². The van der Waals surface area contributed by atoms with Gasteiger partial charge in [-0.05, 0) is 42.9 Å². The summed E-state index contributed by atoms with van der Waals surface area (Å²) in [6, 6.07) is 12.0. The minimum atomic E-state index is 0.0397. The lowest BCUT2D eigenvalue weighted by molar-refractivity contribution is 0.412. The average molecular weight is 252 g/mol. The zero-order valence-corrected chi connectivity index (χ0v) is 11.5. The number of hydrogen-bond acceptors (Lipinski definition) is 2. The van der Waals surface area contributed by atoms with E-state index in [2.05, 4.69) is 25.6 Å². The molecule has 2 unspecified atom stereocenters. The molecule has 0 saturated heterocycles. The lowest BCUT2D eigenvalue weighted by Crippen LogP contribution is -2.09. The van der Waals surface area contributed by atoms with Crippen LogP contribution in [0.5, 0.6) is 0 Å². The molecule has 1 aromatic carbocycles. The van der Waals surface area contributed by atoms with Crippen LogP contribution >= 0.6 is 0 Å². The number of benzene rings is 1. The molecule has 1 aromatic rings. The molecule has 0 heterocycles. The molecule has 0 spiro atoms. The van der Waals surface area contributed by atoms with Gasteiger partial charge >= 0.3 is 0 Å². The van der Waals surface area contributed by atoms with Crippen LogP contribution in [0.1, 0.15) is 37.3 Å². The van der Waals surface area contributed by atoms with E-state index in [-0.39, 0.29) is 5.92 Å². The van der Waals surface area contributed by atoms with Crippen LogP contribution in [0.2, 0.25) is 0 Å². The summed E-state index contributed by atoms with van der Waals surface area (Å²) in [5.41, 5.74) is 1.79. The van der Waals surface area contributed by atoms with E-state index in [0.717, 1.165) is 31.2 Å². The molecule has 0 bridgehead atoms. The molecule has 0 fully saturated rings. The second kappa shape index (κ2) is 8.11. The summed E-state index contributed by atoms with van der Waals surface area (Å²) in [6.07, 6.45) is 5.67. The monoisotopic (exact) mass is 252 g/mol. The summed E-state index contributed by atoms with van der Waals surface area (Å²) >= 11 is 0. The number of hydrogen-bond donors (Lipinski definition) is 0. The quantitative estimate of drug-likeness (QED) is 0.682. The zero-order valence-electron chi connectivity index (χ0n) is 11.5. The molecule has 1 rings (SSSR count). The Morgan fingerprint density at radius 1 is 1.26 bits per heavy atom. The summed E-state index contributed by atoms with van der Waals surface area (Å²) < 4.78 is 0. The molecule has 0 amide bonds. The average Bonchev–Trinajstić information content (AvgIpc) is 2.46. The molecular weight excluding hydrogens is 232 g/mol. The lowest BCUT2D eigenvalue weighted by atomic mass is 9.87. The summed E-state index contributed by atoms with van der Waals surface area (Å²) in [5.74, 6) is 0.582. The molecule has 2 nitrogen and oxygen atoms in total. The standard InChI is InChI=1S/C17H20N2/c1-3-5-14(4-2)10-17(13-19)11-15-6-8-16(12-18)9-7-15/h3,6-9,14,17H,1,4-5,10-11H2,2H3. The van der Waals surface area contributed by atoms with Gasteiger partial charge in [-0.2, -0.15) is 10.5 Å². The van der Waals surface area contributed by atoms with Crippen LogP contribution in [0, 0.1) is 34.5 Å². The highest BCUT2D eigenvalue weighted by Gasteiger charge is 2.14. The first-order valence-corrected chi connectivity index (χ1v) is 6.73. The van der Waals surface area contributed by atoms with Gasteiger partial charge in [0.15, 0.2) is 0 Å². The van der Waals surface area contributed by atoms with Crippen LogP contribution < -0.4 is 0 Å². The van der Waals surface area contributed by atoms with E-state index in [9.17, 15) is 5.26 Å². The molecule has 0 saturated carbocycles. The number of nitriles is 2. The molecule has 98 valence electrons. The van der Waals surface area contributed by atoms with Crippen molar-refractivity contribution in [2.24, 2.45) is 11.8 Å². The number of nitrogens with zero attached hydrogens (tertiary/aromatic N) is 2. The summed E-state index contributed by atoms with van der Waals surface area (Å²) in [4.78, 5) is 0. The minimum Gasteiger partial charge on any atom is -0.198 e. The van der Waals surface area contributed by atoms with E-state index >= 15 is 0 Å². The van der Waals surface area contributed by atoms with Crippen molar-refractivity contribution in [3.05, 3.63) is 48.0 Å². The summed E-state index contributed by atoms with van der Waals surface area (Å²) in [6.45, 7) is 5.93. The van der Waals surface area contributed by atoms with E-state index in [1.54, 1.807) is 0 Å². The Hall–Kier alpha value is -2.06. The third-order valence-corrected chi connectivity index (χ3v) is 3.44. The molecule has 0 aliphatic heterocycles. The lowest BCUT2D eigenvalue weighted by Gasteiger charge is -2.16. The van der Waals surface area contributed by atoms with Gasteiger partial charge in [0, 0.05) is 0 Å². The van der Waals surface area contributed by atoms with Crippen LogP contribution in [0.15, 0.2) is 36.9 Å². The normalized spacial score (nSPS) is 13.0. The van der Waals surface area contributed by atoms with Crippen molar-refractivity contribution >= 4 is 0 Å². The Labute approximate surface area is 116 Å². The van der Waals surface area contributed by atoms with Crippen LogP contribution in [0.4, 0.5) is 0 Å². The number of allylic oxidation sites excluding steroid dienone is 1. The smallest absolute Gasteiger partial charge is 0.0991 e.